The van der Waals surface area contributed by atoms with Crippen LogP contribution < -0.4 is 0 Å². The molecule has 0 aromatic heterocycles. The minimum Gasteiger partial charge on any atom is -0.0663 e. The van der Waals surface area contributed by atoms with Gasteiger partial charge in [0.05, 0.1) is 0 Å². The van der Waals surface area contributed by atoms with Gasteiger partial charge in [0.25, 0.3) is 0 Å². The van der Waals surface area contributed by atoms with E-state index in [2.05, 4.69) is 47.6 Å². The first-order valence-corrected chi connectivity index (χ1v) is 5.77. The summed E-state index contributed by atoms with van der Waals surface area (Å²) < 4.78 is 0. The van der Waals surface area contributed by atoms with Gasteiger partial charge in [0.2, 0.25) is 0 Å². The normalized spacial score (nSPS) is 23.4. The molecule has 1 rings (SSSR count). The van der Waals surface area contributed by atoms with E-state index in [1.807, 2.05) is 0 Å². The van der Waals surface area contributed by atoms with Gasteiger partial charge in [-0.1, -0.05) is 50.5 Å². The number of rotatable bonds is 2. The van der Waals surface area contributed by atoms with Gasteiger partial charge in [0, 0.05) is 0 Å². The molecule has 0 radical (unpaired) electrons. The number of allylic oxidation sites excluding steroid dienone is 4. The Bertz CT molecular complexity index is 276. The summed E-state index contributed by atoms with van der Waals surface area (Å²) in [6.45, 7) is 13.9. The van der Waals surface area contributed by atoms with Crippen LogP contribution in [0.5, 0.6) is 0 Å². The highest BCUT2D eigenvalue weighted by molar-refractivity contribution is 5.36. The van der Waals surface area contributed by atoms with E-state index in [0.29, 0.717) is 5.41 Å². The van der Waals surface area contributed by atoms with Gasteiger partial charge < -0.3 is 0 Å². The molecule has 0 spiro atoms. The maximum absolute atomic E-state index is 2.41. The number of hydrogen-bond donors (Lipinski definition) is 0. The average molecular weight is 192 g/mol. The minimum absolute atomic E-state index is 0.373. The monoisotopic (exact) mass is 192 g/mol. The SMILES string of the molecule is CCC(C)C1=CC(C)=C(C)C(C)(C)C1. The molecule has 0 nitrogen and oxygen atoms in total. The molecule has 1 aliphatic rings. The van der Waals surface area contributed by atoms with Crippen LogP contribution in [0.15, 0.2) is 22.8 Å². The molecule has 1 aliphatic carbocycles. The zero-order valence-corrected chi connectivity index (χ0v) is 10.6. The van der Waals surface area contributed by atoms with Crippen LogP contribution >= 0.6 is 0 Å². The van der Waals surface area contributed by atoms with Crippen LogP contribution in [-0.4, -0.2) is 0 Å². The summed E-state index contributed by atoms with van der Waals surface area (Å²) in [6, 6.07) is 0. The second kappa shape index (κ2) is 3.92. The maximum Gasteiger partial charge on any atom is -0.0104 e. The van der Waals surface area contributed by atoms with Gasteiger partial charge in [-0.25, -0.2) is 0 Å². The van der Waals surface area contributed by atoms with Crippen molar-refractivity contribution in [3.8, 4) is 0 Å². The van der Waals surface area contributed by atoms with Crippen molar-refractivity contribution in [1.29, 1.82) is 0 Å². The Hall–Kier alpha value is -0.520. The van der Waals surface area contributed by atoms with Crippen molar-refractivity contribution in [2.75, 3.05) is 0 Å². The molecule has 0 heteroatoms. The smallest absolute Gasteiger partial charge is 0.0104 e. The lowest BCUT2D eigenvalue weighted by Gasteiger charge is -2.34. The van der Waals surface area contributed by atoms with Crippen LogP contribution in [0.25, 0.3) is 0 Å². The molecule has 1 atom stereocenters. The molecule has 0 amide bonds. The van der Waals surface area contributed by atoms with Crippen molar-refractivity contribution < 1.29 is 0 Å². The minimum atomic E-state index is 0.373. The van der Waals surface area contributed by atoms with E-state index in [0.717, 1.165) is 5.92 Å². The fourth-order valence-electron chi connectivity index (χ4n) is 2.19. The van der Waals surface area contributed by atoms with Crippen LogP contribution in [0.4, 0.5) is 0 Å². The first kappa shape index (κ1) is 11.6. The summed E-state index contributed by atoms with van der Waals surface area (Å²) in [5, 5.41) is 0. The summed E-state index contributed by atoms with van der Waals surface area (Å²) in [4.78, 5) is 0. The molecule has 14 heavy (non-hydrogen) atoms. The fraction of sp³-hybridized carbons (Fsp3) is 0.714. The van der Waals surface area contributed by atoms with Crippen molar-refractivity contribution in [3.63, 3.8) is 0 Å². The molecule has 0 bridgehead atoms. The van der Waals surface area contributed by atoms with E-state index in [1.165, 1.54) is 18.4 Å². The Kier molecular flexibility index (Phi) is 3.24. The Morgan fingerprint density at radius 1 is 1.36 bits per heavy atom. The van der Waals surface area contributed by atoms with Crippen molar-refractivity contribution >= 4 is 0 Å². The number of hydrogen-bond acceptors (Lipinski definition) is 0. The molecule has 0 N–H and O–H groups in total. The predicted octanol–water partition coefficient (Wildman–Crippen LogP) is 4.73. The first-order chi connectivity index (χ1) is 6.38. The second-order valence-electron chi connectivity index (χ2n) is 5.40. The Labute approximate surface area is 89.1 Å². The Balaban J connectivity index is 3.00. The summed E-state index contributed by atoms with van der Waals surface area (Å²) in [6.07, 6.45) is 4.91. The second-order valence-corrected chi connectivity index (χ2v) is 5.40. The van der Waals surface area contributed by atoms with E-state index in [1.54, 1.807) is 11.1 Å². The van der Waals surface area contributed by atoms with Crippen molar-refractivity contribution in [2.45, 2.75) is 54.4 Å². The van der Waals surface area contributed by atoms with Crippen LogP contribution in [0.1, 0.15) is 54.4 Å². The van der Waals surface area contributed by atoms with Gasteiger partial charge in [-0.15, -0.1) is 0 Å². The quantitative estimate of drug-likeness (QED) is 0.593. The molecule has 0 heterocycles. The molecule has 80 valence electrons. The Morgan fingerprint density at radius 3 is 2.36 bits per heavy atom. The molecule has 0 saturated carbocycles. The van der Waals surface area contributed by atoms with Gasteiger partial charge in [-0.3, -0.25) is 0 Å². The summed E-state index contributed by atoms with van der Waals surface area (Å²) >= 11 is 0. The van der Waals surface area contributed by atoms with E-state index >= 15 is 0 Å². The van der Waals surface area contributed by atoms with Gasteiger partial charge in [-0.2, -0.15) is 0 Å². The molecule has 0 aliphatic heterocycles. The molecule has 1 unspecified atom stereocenters. The third kappa shape index (κ3) is 2.10. The summed E-state index contributed by atoms with van der Waals surface area (Å²) in [5.74, 6) is 0.748. The third-order valence-electron chi connectivity index (χ3n) is 3.90. The lowest BCUT2D eigenvalue weighted by Crippen LogP contribution is -2.20. The molecular formula is C14H24. The van der Waals surface area contributed by atoms with E-state index in [4.69, 9.17) is 0 Å². The van der Waals surface area contributed by atoms with Crippen LogP contribution in [0, 0.1) is 11.3 Å². The van der Waals surface area contributed by atoms with Gasteiger partial charge in [-0.05, 0) is 38.0 Å². The fourth-order valence-corrected chi connectivity index (χ4v) is 2.19. The topological polar surface area (TPSA) is 0 Å². The standard InChI is InChI=1S/C14H24/c1-7-10(2)13-8-11(3)12(4)14(5,6)9-13/h8,10H,7,9H2,1-6H3. The van der Waals surface area contributed by atoms with Gasteiger partial charge >= 0.3 is 0 Å². The lowest BCUT2D eigenvalue weighted by molar-refractivity contribution is 0.406. The van der Waals surface area contributed by atoms with Crippen molar-refractivity contribution in [1.82, 2.24) is 0 Å². The first-order valence-electron chi connectivity index (χ1n) is 5.77. The predicted molar refractivity (Wildman–Crippen MR) is 64.3 cm³/mol. The van der Waals surface area contributed by atoms with Crippen molar-refractivity contribution in [2.24, 2.45) is 11.3 Å². The van der Waals surface area contributed by atoms with Gasteiger partial charge in [0.1, 0.15) is 0 Å². The third-order valence-corrected chi connectivity index (χ3v) is 3.90. The molecule has 0 aromatic carbocycles. The van der Waals surface area contributed by atoms with E-state index in [-0.39, 0.29) is 0 Å². The lowest BCUT2D eigenvalue weighted by atomic mass is 9.71. The zero-order chi connectivity index (χ0) is 10.9. The van der Waals surface area contributed by atoms with Gasteiger partial charge in [0.15, 0.2) is 0 Å². The Morgan fingerprint density at radius 2 is 1.93 bits per heavy atom. The highest BCUT2D eigenvalue weighted by Gasteiger charge is 2.27. The average Bonchev–Trinajstić information content (AvgIpc) is 2.12. The largest absolute Gasteiger partial charge is 0.0663 e. The van der Waals surface area contributed by atoms with Crippen LogP contribution in [0.2, 0.25) is 0 Å². The molecular weight excluding hydrogens is 168 g/mol. The molecule has 0 fully saturated rings. The maximum atomic E-state index is 2.41. The molecule has 0 aromatic rings. The van der Waals surface area contributed by atoms with Crippen LogP contribution in [-0.2, 0) is 0 Å². The summed E-state index contributed by atoms with van der Waals surface area (Å²) in [7, 11) is 0. The molecule has 0 saturated heterocycles. The highest BCUT2D eigenvalue weighted by Crippen LogP contribution is 2.41. The van der Waals surface area contributed by atoms with Crippen LogP contribution in [0.3, 0.4) is 0 Å². The van der Waals surface area contributed by atoms with E-state index < -0.39 is 0 Å². The highest BCUT2D eigenvalue weighted by atomic mass is 14.3. The zero-order valence-electron chi connectivity index (χ0n) is 10.6. The van der Waals surface area contributed by atoms with E-state index in [9.17, 15) is 0 Å². The summed E-state index contributed by atoms with van der Waals surface area (Å²) in [5.41, 5.74) is 5.05. The van der Waals surface area contributed by atoms with Crippen molar-refractivity contribution in [3.05, 3.63) is 22.8 Å².